The molecule has 7 heteroatoms. The molecule has 0 aliphatic carbocycles. The van der Waals surface area contributed by atoms with Crippen molar-refractivity contribution >= 4 is 40.9 Å². The highest BCUT2D eigenvalue weighted by atomic mass is 32.2. The van der Waals surface area contributed by atoms with Crippen LogP contribution in [0.3, 0.4) is 0 Å². The molecule has 2 aromatic rings. The highest BCUT2D eigenvalue weighted by Gasteiger charge is 2.26. The number of halogens is 1. The molecule has 0 bridgehead atoms. The molecule has 4 nitrogen and oxygen atoms in total. The fourth-order valence-electron chi connectivity index (χ4n) is 2.46. The standard InChI is InChI=1S/C13H14FN3OS2/c1-17(8-2-3-20-6-8)12(18)9-4-7(14)5-10-11(9)16-13(19)15-10/h4-5,8H,2-3,6H2,1H3,(H2,15,16,19). The van der Waals surface area contributed by atoms with Crippen LogP contribution in [0.4, 0.5) is 4.39 Å². The van der Waals surface area contributed by atoms with Crippen molar-refractivity contribution in [3.8, 4) is 0 Å². The number of thioether (sulfide) groups is 1. The lowest BCUT2D eigenvalue weighted by atomic mass is 10.1. The van der Waals surface area contributed by atoms with Crippen LogP contribution in [0.25, 0.3) is 11.0 Å². The maximum atomic E-state index is 13.7. The first-order valence-electron chi connectivity index (χ1n) is 6.32. The zero-order valence-electron chi connectivity index (χ0n) is 10.9. The highest BCUT2D eigenvalue weighted by Crippen LogP contribution is 2.25. The van der Waals surface area contributed by atoms with E-state index in [2.05, 4.69) is 9.97 Å². The second-order valence-electron chi connectivity index (χ2n) is 4.89. The van der Waals surface area contributed by atoms with Gasteiger partial charge in [0.2, 0.25) is 0 Å². The average Bonchev–Trinajstić information content (AvgIpc) is 3.04. The van der Waals surface area contributed by atoms with Crippen molar-refractivity contribution in [1.29, 1.82) is 0 Å². The summed E-state index contributed by atoms with van der Waals surface area (Å²) in [6.07, 6.45) is 0.981. The average molecular weight is 311 g/mol. The predicted octanol–water partition coefficient (Wildman–Crippen LogP) is 2.94. The van der Waals surface area contributed by atoms with Crippen molar-refractivity contribution in [2.24, 2.45) is 0 Å². The van der Waals surface area contributed by atoms with Gasteiger partial charge in [-0.05, 0) is 36.5 Å². The van der Waals surface area contributed by atoms with Crippen LogP contribution in [-0.4, -0.2) is 45.4 Å². The van der Waals surface area contributed by atoms with Gasteiger partial charge < -0.3 is 14.9 Å². The van der Waals surface area contributed by atoms with Gasteiger partial charge in [-0.2, -0.15) is 11.8 Å². The minimum absolute atomic E-state index is 0.174. The molecule has 1 aliphatic rings. The second kappa shape index (κ2) is 5.21. The fraction of sp³-hybridized carbons (Fsp3) is 0.385. The lowest BCUT2D eigenvalue weighted by molar-refractivity contribution is 0.0749. The van der Waals surface area contributed by atoms with Gasteiger partial charge in [0.15, 0.2) is 4.77 Å². The summed E-state index contributed by atoms with van der Waals surface area (Å²) in [5, 5.41) is 0. The van der Waals surface area contributed by atoms with Crippen LogP contribution in [0.5, 0.6) is 0 Å². The van der Waals surface area contributed by atoms with E-state index in [0.29, 0.717) is 21.4 Å². The Morgan fingerprint density at radius 2 is 2.30 bits per heavy atom. The number of carbonyl (C=O) groups excluding carboxylic acids is 1. The predicted molar refractivity (Wildman–Crippen MR) is 81.3 cm³/mol. The molecule has 1 amide bonds. The van der Waals surface area contributed by atoms with Crippen molar-refractivity contribution in [2.75, 3.05) is 18.6 Å². The number of hydrogen-bond acceptors (Lipinski definition) is 3. The maximum Gasteiger partial charge on any atom is 0.256 e. The highest BCUT2D eigenvalue weighted by molar-refractivity contribution is 7.99. The van der Waals surface area contributed by atoms with Crippen LogP contribution in [0.2, 0.25) is 0 Å². The Hall–Kier alpha value is -1.34. The summed E-state index contributed by atoms with van der Waals surface area (Å²) in [5.74, 6) is 1.38. The zero-order valence-corrected chi connectivity index (χ0v) is 12.5. The lowest BCUT2D eigenvalue weighted by Crippen LogP contribution is -2.37. The number of nitrogens with zero attached hydrogens (tertiary/aromatic N) is 1. The van der Waals surface area contributed by atoms with E-state index in [1.54, 1.807) is 11.9 Å². The lowest BCUT2D eigenvalue weighted by Gasteiger charge is -2.24. The number of amides is 1. The van der Waals surface area contributed by atoms with Crippen molar-refractivity contribution in [3.05, 3.63) is 28.3 Å². The minimum Gasteiger partial charge on any atom is -0.338 e. The van der Waals surface area contributed by atoms with Crippen LogP contribution in [0.15, 0.2) is 12.1 Å². The molecule has 1 aliphatic heterocycles. The Kier molecular flexibility index (Phi) is 3.55. The van der Waals surface area contributed by atoms with E-state index in [9.17, 15) is 9.18 Å². The number of benzene rings is 1. The monoisotopic (exact) mass is 311 g/mol. The Morgan fingerprint density at radius 1 is 1.50 bits per heavy atom. The van der Waals surface area contributed by atoms with Crippen LogP contribution < -0.4 is 0 Å². The summed E-state index contributed by atoms with van der Waals surface area (Å²) >= 11 is 6.85. The molecule has 1 aromatic carbocycles. The molecule has 0 spiro atoms. The van der Waals surface area contributed by atoms with Crippen molar-refractivity contribution in [1.82, 2.24) is 14.9 Å². The second-order valence-corrected chi connectivity index (χ2v) is 6.45. The van der Waals surface area contributed by atoms with Crippen molar-refractivity contribution in [3.63, 3.8) is 0 Å². The molecule has 1 saturated heterocycles. The van der Waals surface area contributed by atoms with Gasteiger partial charge in [0.25, 0.3) is 5.91 Å². The van der Waals surface area contributed by atoms with E-state index in [1.807, 2.05) is 11.8 Å². The molecule has 1 aromatic heterocycles. The molecule has 106 valence electrons. The molecular formula is C13H14FN3OS2. The third-order valence-electron chi connectivity index (χ3n) is 3.59. The molecule has 0 radical (unpaired) electrons. The molecule has 2 heterocycles. The van der Waals surface area contributed by atoms with Crippen molar-refractivity contribution < 1.29 is 9.18 Å². The number of carbonyl (C=O) groups is 1. The first kappa shape index (κ1) is 13.6. The number of aromatic amines is 2. The number of nitrogens with one attached hydrogen (secondary N) is 2. The largest absolute Gasteiger partial charge is 0.338 e. The summed E-state index contributed by atoms with van der Waals surface area (Å²) in [5.41, 5.74) is 1.41. The third-order valence-corrected chi connectivity index (χ3v) is 4.94. The van der Waals surface area contributed by atoms with Gasteiger partial charge >= 0.3 is 0 Å². The van der Waals surface area contributed by atoms with Crippen LogP contribution in [0.1, 0.15) is 16.8 Å². The molecule has 1 unspecified atom stereocenters. The van der Waals surface area contributed by atoms with E-state index in [1.165, 1.54) is 12.1 Å². The Bertz CT molecular complexity index is 718. The summed E-state index contributed by atoms with van der Waals surface area (Å²) < 4.78 is 14.1. The zero-order chi connectivity index (χ0) is 14.3. The SMILES string of the molecule is CN(C(=O)c1cc(F)cc2[nH]c(=S)[nH]c12)C1CCSC1. The van der Waals surface area contributed by atoms with Gasteiger partial charge in [-0.25, -0.2) is 4.39 Å². The van der Waals surface area contributed by atoms with Gasteiger partial charge in [0.1, 0.15) is 5.82 Å². The topological polar surface area (TPSA) is 51.9 Å². The smallest absolute Gasteiger partial charge is 0.256 e. The molecule has 1 fully saturated rings. The summed E-state index contributed by atoms with van der Waals surface area (Å²) in [4.78, 5) is 20.1. The van der Waals surface area contributed by atoms with Gasteiger partial charge in [0, 0.05) is 18.8 Å². The molecule has 0 saturated carbocycles. The molecule has 1 atom stereocenters. The number of H-pyrrole nitrogens is 2. The number of fused-ring (bicyclic) bond motifs is 1. The van der Waals surface area contributed by atoms with Crippen LogP contribution >= 0.6 is 24.0 Å². The van der Waals surface area contributed by atoms with Gasteiger partial charge in [-0.15, -0.1) is 0 Å². The van der Waals surface area contributed by atoms with E-state index in [4.69, 9.17) is 12.2 Å². The summed E-state index contributed by atoms with van der Waals surface area (Å²) in [7, 11) is 1.77. The Labute approximate surface area is 124 Å². The third kappa shape index (κ3) is 2.35. The maximum absolute atomic E-state index is 13.7. The Morgan fingerprint density at radius 3 is 3.00 bits per heavy atom. The van der Waals surface area contributed by atoms with E-state index in [-0.39, 0.29) is 11.9 Å². The fourth-order valence-corrected chi connectivity index (χ4v) is 3.94. The number of aromatic nitrogens is 2. The molecular weight excluding hydrogens is 297 g/mol. The quantitative estimate of drug-likeness (QED) is 0.839. The van der Waals surface area contributed by atoms with Gasteiger partial charge in [-0.1, -0.05) is 0 Å². The van der Waals surface area contributed by atoms with E-state index in [0.717, 1.165) is 17.9 Å². The normalized spacial score (nSPS) is 18.6. The van der Waals surface area contributed by atoms with E-state index >= 15 is 0 Å². The minimum atomic E-state index is -0.444. The van der Waals surface area contributed by atoms with Crippen LogP contribution in [0, 0.1) is 10.6 Å². The van der Waals surface area contributed by atoms with Crippen LogP contribution in [-0.2, 0) is 0 Å². The molecule has 20 heavy (non-hydrogen) atoms. The van der Waals surface area contributed by atoms with E-state index < -0.39 is 5.82 Å². The van der Waals surface area contributed by atoms with Gasteiger partial charge in [-0.3, -0.25) is 4.79 Å². The van der Waals surface area contributed by atoms with Crippen molar-refractivity contribution in [2.45, 2.75) is 12.5 Å². The number of hydrogen-bond donors (Lipinski definition) is 2. The number of imidazole rings is 1. The van der Waals surface area contributed by atoms with Gasteiger partial charge in [0.05, 0.1) is 16.6 Å². The number of rotatable bonds is 2. The molecule has 2 N–H and O–H groups in total. The first-order valence-corrected chi connectivity index (χ1v) is 7.89. The first-order chi connectivity index (χ1) is 9.56. The molecule has 3 rings (SSSR count). The Balaban J connectivity index is 2.04. The summed E-state index contributed by atoms with van der Waals surface area (Å²) in [6, 6.07) is 2.82. The summed E-state index contributed by atoms with van der Waals surface area (Å²) in [6.45, 7) is 0.